The van der Waals surface area contributed by atoms with Crippen LogP contribution in [0.15, 0.2) is 35.7 Å². The highest BCUT2D eigenvalue weighted by atomic mass is 32.1. The number of imidazole rings is 1. The normalized spacial score (nSPS) is 12.2. The van der Waals surface area contributed by atoms with Gasteiger partial charge in [-0.15, -0.1) is 11.3 Å². The molecular formula is C16H20N2SSi. The first-order chi connectivity index (χ1) is 9.47. The quantitative estimate of drug-likeness (QED) is 0.669. The van der Waals surface area contributed by atoms with Gasteiger partial charge in [0.25, 0.3) is 0 Å². The molecule has 3 rings (SSSR count). The van der Waals surface area contributed by atoms with Crippen LogP contribution in [-0.2, 0) is 6.54 Å². The van der Waals surface area contributed by atoms with Crippen molar-refractivity contribution in [2.24, 2.45) is 0 Å². The maximum Gasteiger partial charge on any atom is 0.107 e. The van der Waals surface area contributed by atoms with Gasteiger partial charge in [0, 0.05) is 4.88 Å². The molecule has 0 bridgehead atoms. The first kappa shape index (κ1) is 13.6. The highest BCUT2D eigenvalue weighted by Gasteiger charge is 2.21. The zero-order valence-electron chi connectivity index (χ0n) is 12.5. The third-order valence-electron chi connectivity index (χ3n) is 3.70. The summed E-state index contributed by atoms with van der Waals surface area (Å²) in [6.07, 6.45) is 0. The molecule has 0 aliphatic rings. The molecule has 2 nitrogen and oxygen atoms in total. The molecule has 0 saturated heterocycles. The molecule has 0 fully saturated rings. The van der Waals surface area contributed by atoms with Crippen molar-refractivity contribution in [3.05, 3.63) is 46.4 Å². The van der Waals surface area contributed by atoms with Crippen molar-refractivity contribution < 1.29 is 0 Å². The van der Waals surface area contributed by atoms with Crippen LogP contribution in [0.2, 0.25) is 19.6 Å². The summed E-state index contributed by atoms with van der Waals surface area (Å²) in [7, 11) is -1.27. The van der Waals surface area contributed by atoms with Crippen molar-refractivity contribution in [1.82, 2.24) is 9.55 Å². The van der Waals surface area contributed by atoms with Gasteiger partial charge in [-0.3, -0.25) is 0 Å². The number of para-hydroxylation sites is 2. The number of thiophene rings is 1. The second kappa shape index (κ2) is 4.86. The van der Waals surface area contributed by atoms with E-state index in [2.05, 4.69) is 71.8 Å². The number of hydrogen-bond donors (Lipinski definition) is 0. The molecule has 0 radical (unpaired) electrons. The smallest absolute Gasteiger partial charge is 0.107 e. The Kier molecular flexibility index (Phi) is 3.30. The SMILES string of the molecule is Cc1nc2ccccc2n1Cc1sccc1[Si](C)(C)C. The van der Waals surface area contributed by atoms with E-state index in [9.17, 15) is 0 Å². The third kappa shape index (κ3) is 2.34. The molecule has 1 aromatic carbocycles. The van der Waals surface area contributed by atoms with Gasteiger partial charge in [0.05, 0.1) is 25.7 Å². The average molecular weight is 301 g/mol. The predicted molar refractivity (Wildman–Crippen MR) is 90.9 cm³/mol. The Labute approximate surface area is 125 Å². The third-order valence-corrected chi connectivity index (χ3v) is 6.87. The summed E-state index contributed by atoms with van der Waals surface area (Å²) in [6.45, 7) is 10.3. The Bertz CT molecular complexity index is 749. The van der Waals surface area contributed by atoms with Gasteiger partial charge >= 0.3 is 0 Å². The van der Waals surface area contributed by atoms with Crippen LogP contribution in [0.3, 0.4) is 0 Å². The van der Waals surface area contributed by atoms with E-state index >= 15 is 0 Å². The monoisotopic (exact) mass is 300 g/mol. The summed E-state index contributed by atoms with van der Waals surface area (Å²) < 4.78 is 2.34. The molecule has 0 aliphatic heterocycles. The molecule has 0 amide bonds. The van der Waals surface area contributed by atoms with E-state index < -0.39 is 8.07 Å². The Morgan fingerprint density at radius 2 is 1.90 bits per heavy atom. The molecule has 20 heavy (non-hydrogen) atoms. The van der Waals surface area contributed by atoms with Crippen molar-refractivity contribution in [3.63, 3.8) is 0 Å². The fourth-order valence-electron chi connectivity index (χ4n) is 2.67. The van der Waals surface area contributed by atoms with Crippen molar-refractivity contribution in [2.75, 3.05) is 0 Å². The first-order valence-electron chi connectivity index (χ1n) is 6.95. The zero-order valence-corrected chi connectivity index (χ0v) is 14.3. The summed E-state index contributed by atoms with van der Waals surface area (Å²) in [4.78, 5) is 6.16. The summed E-state index contributed by atoms with van der Waals surface area (Å²) >= 11 is 1.88. The van der Waals surface area contributed by atoms with Gasteiger partial charge in [-0.05, 0) is 29.6 Å². The van der Waals surface area contributed by atoms with E-state index in [1.54, 1.807) is 5.19 Å². The van der Waals surface area contributed by atoms with Crippen LogP contribution in [0.1, 0.15) is 10.7 Å². The number of nitrogens with zero attached hydrogens (tertiary/aromatic N) is 2. The average Bonchev–Trinajstić information content (AvgIpc) is 2.95. The molecule has 0 saturated carbocycles. The van der Waals surface area contributed by atoms with Crippen molar-refractivity contribution in [3.8, 4) is 0 Å². The Morgan fingerprint density at radius 1 is 1.15 bits per heavy atom. The van der Waals surface area contributed by atoms with Crippen molar-refractivity contribution >= 4 is 35.6 Å². The molecule has 3 aromatic rings. The number of aromatic nitrogens is 2. The van der Waals surface area contributed by atoms with E-state index in [1.807, 2.05) is 11.3 Å². The van der Waals surface area contributed by atoms with Gasteiger partial charge < -0.3 is 4.57 Å². The maximum atomic E-state index is 4.66. The van der Waals surface area contributed by atoms with E-state index in [4.69, 9.17) is 0 Å². The van der Waals surface area contributed by atoms with Crippen LogP contribution in [0.5, 0.6) is 0 Å². The van der Waals surface area contributed by atoms with E-state index in [-0.39, 0.29) is 0 Å². The molecule has 0 spiro atoms. The lowest BCUT2D eigenvalue weighted by molar-refractivity contribution is 0.799. The summed E-state index contributed by atoms with van der Waals surface area (Å²) in [5.74, 6) is 1.10. The standard InChI is InChI=1S/C16H20N2SSi/c1-12-17-13-7-5-6-8-14(13)18(12)11-15-16(9-10-19-15)20(2,3)4/h5-10H,11H2,1-4H3. The summed E-state index contributed by atoms with van der Waals surface area (Å²) in [6, 6.07) is 10.7. The minimum absolute atomic E-state index is 0.948. The number of aryl methyl sites for hydroxylation is 1. The number of fused-ring (bicyclic) bond motifs is 1. The molecule has 2 heterocycles. The first-order valence-corrected chi connectivity index (χ1v) is 11.3. The summed E-state index contributed by atoms with van der Waals surface area (Å²) in [5, 5.41) is 3.82. The van der Waals surface area contributed by atoms with Gasteiger partial charge in [-0.25, -0.2) is 4.98 Å². The van der Waals surface area contributed by atoms with Crippen LogP contribution >= 0.6 is 11.3 Å². The molecule has 0 N–H and O–H groups in total. The number of rotatable bonds is 3. The lowest BCUT2D eigenvalue weighted by atomic mass is 10.3. The number of benzene rings is 1. The minimum atomic E-state index is -1.27. The Balaban J connectivity index is 2.06. The van der Waals surface area contributed by atoms with Crippen LogP contribution in [0.25, 0.3) is 11.0 Å². The fourth-order valence-corrected chi connectivity index (χ4v) is 6.15. The maximum absolute atomic E-state index is 4.66. The van der Waals surface area contributed by atoms with Crippen LogP contribution in [0.4, 0.5) is 0 Å². The molecule has 104 valence electrons. The molecule has 0 unspecified atom stereocenters. The minimum Gasteiger partial charge on any atom is -0.323 e. The fraction of sp³-hybridized carbons (Fsp3) is 0.312. The van der Waals surface area contributed by atoms with Crippen LogP contribution < -0.4 is 5.19 Å². The van der Waals surface area contributed by atoms with E-state index in [0.29, 0.717) is 0 Å². The van der Waals surface area contributed by atoms with Gasteiger partial charge in [-0.1, -0.05) is 37.8 Å². The second-order valence-corrected chi connectivity index (χ2v) is 12.3. The van der Waals surface area contributed by atoms with Crippen molar-refractivity contribution in [2.45, 2.75) is 33.1 Å². The van der Waals surface area contributed by atoms with E-state index in [0.717, 1.165) is 17.9 Å². The van der Waals surface area contributed by atoms with Gasteiger partial charge in [0.15, 0.2) is 0 Å². The van der Waals surface area contributed by atoms with Gasteiger partial charge in [-0.2, -0.15) is 0 Å². The highest BCUT2D eigenvalue weighted by molar-refractivity contribution is 7.12. The largest absolute Gasteiger partial charge is 0.323 e. The summed E-state index contributed by atoms with van der Waals surface area (Å²) in [5.41, 5.74) is 2.33. The topological polar surface area (TPSA) is 17.8 Å². The second-order valence-electron chi connectivity index (χ2n) is 6.24. The van der Waals surface area contributed by atoms with Crippen LogP contribution in [-0.4, -0.2) is 17.6 Å². The van der Waals surface area contributed by atoms with Crippen molar-refractivity contribution in [1.29, 1.82) is 0 Å². The predicted octanol–water partition coefficient (Wildman–Crippen LogP) is 4.00. The highest BCUT2D eigenvalue weighted by Crippen LogP contribution is 2.20. The Morgan fingerprint density at radius 3 is 2.65 bits per heavy atom. The zero-order chi connectivity index (χ0) is 14.3. The lowest BCUT2D eigenvalue weighted by Gasteiger charge is -2.18. The number of hydrogen-bond acceptors (Lipinski definition) is 2. The van der Waals surface area contributed by atoms with Gasteiger partial charge in [0.1, 0.15) is 5.82 Å². The lowest BCUT2D eigenvalue weighted by Crippen LogP contribution is -2.39. The molecule has 4 heteroatoms. The Hall–Kier alpha value is -1.39. The molecule has 2 aromatic heterocycles. The molecule has 0 atom stereocenters. The van der Waals surface area contributed by atoms with Gasteiger partial charge in [0.2, 0.25) is 0 Å². The molecule has 0 aliphatic carbocycles. The molecular weight excluding hydrogens is 280 g/mol. The van der Waals surface area contributed by atoms with Crippen LogP contribution in [0, 0.1) is 6.92 Å². The van der Waals surface area contributed by atoms with E-state index in [1.165, 1.54) is 10.4 Å².